The Bertz CT molecular complexity index is 432. The molecule has 1 aromatic rings. The number of carbonyl (C=O) groups is 2. The molecular formula is C12H19N3O3. The number of hydrogen-bond acceptors (Lipinski definition) is 4. The van der Waals surface area contributed by atoms with Crippen LogP contribution in [0.2, 0.25) is 0 Å². The van der Waals surface area contributed by atoms with Gasteiger partial charge in [0.1, 0.15) is 11.4 Å². The number of alkyl carbamates (subject to hydrolysis) is 1. The summed E-state index contributed by atoms with van der Waals surface area (Å²) in [6.45, 7) is 5.24. The van der Waals surface area contributed by atoms with Crippen molar-refractivity contribution in [3.63, 3.8) is 0 Å². The van der Waals surface area contributed by atoms with Gasteiger partial charge in [-0.3, -0.25) is 4.79 Å². The maximum Gasteiger partial charge on any atom is 0.408 e. The number of Topliss-reactive ketones (excluding diaryl/α,β-unsaturated/α-hetero) is 1. The lowest BCUT2D eigenvalue weighted by Gasteiger charge is -2.19. The summed E-state index contributed by atoms with van der Waals surface area (Å²) in [7, 11) is 1.82. The largest absolute Gasteiger partial charge is 0.444 e. The zero-order valence-corrected chi connectivity index (χ0v) is 11.2. The third-order valence-corrected chi connectivity index (χ3v) is 2.11. The molecule has 1 rings (SSSR count). The molecule has 1 N–H and O–H groups in total. The number of aryl methyl sites for hydroxylation is 1. The number of aromatic nitrogens is 2. The molecule has 100 valence electrons. The molecule has 1 aromatic heterocycles. The van der Waals surface area contributed by atoms with E-state index in [1.54, 1.807) is 37.7 Å². The SMILES string of the molecule is Cn1ccnc1CC(=O)CNC(=O)OC(C)(C)C. The highest BCUT2D eigenvalue weighted by molar-refractivity contribution is 5.85. The van der Waals surface area contributed by atoms with Gasteiger partial charge >= 0.3 is 6.09 Å². The minimum atomic E-state index is -0.587. The van der Waals surface area contributed by atoms with Crippen LogP contribution in [0, 0.1) is 0 Å². The molecule has 0 aliphatic carbocycles. The van der Waals surface area contributed by atoms with Crippen molar-refractivity contribution in [3.8, 4) is 0 Å². The van der Waals surface area contributed by atoms with E-state index in [1.807, 2.05) is 7.05 Å². The van der Waals surface area contributed by atoms with Crippen molar-refractivity contribution in [3.05, 3.63) is 18.2 Å². The molecule has 0 unspecified atom stereocenters. The van der Waals surface area contributed by atoms with Crippen LogP contribution in [0.3, 0.4) is 0 Å². The normalized spacial score (nSPS) is 11.1. The van der Waals surface area contributed by atoms with Crippen molar-refractivity contribution in [1.82, 2.24) is 14.9 Å². The molecule has 0 atom stereocenters. The van der Waals surface area contributed by atoms with Crippen molar-refractivity contribution >= 4 is 11.9 Å². The molecule has 1 heterocycles. The zero-order valence-electron chi connectivity index (χ0n) is 11.2. The van der Waals surface area contributed by atoms with Gasteiger partial charge in [0.05, 0.1) is 13.0 Å². The van der Waals surface area contributed by atoms with Crippen molar-refractivity contribution in [2.45, 2.75) is 32.8 Å². The predicted molar refractivity (Wildman–Crippen MR) is 66.2 cm³/mol. The van der Waals surface area contributed by atoms with Crippen molar-refractivity contribution in [2.24, 2.45) is 7.05 Å². The third kappa shape index (κ3) is 4.99. The van der Waals surface area contributed by atoms with Crippen molar-refractivity contribution in [1.29, 1.82) is 0 Å². The number of ether oxygens (including phenoxy) is 1. The fourth-order valence-corrected chi connectivity index (χ4v) is 1.29. The van der Waals surface area contributed by atoms with Gasteiger partial charge in [-0.1, -0.05) is 0 Å². The molecule has 0 aliphatic heterocycles. The summed E-state index contributed by atoms with van der Waals surface area (Å²) >= 11 is 0. The molecule has 0 saturated heterocycles. The van der Waals surface area contributed by atoms with Gasteiger partial charge in [0.15, 0.2) is 5.78 Å². The van der Waals surface area contributed by atoms with E-state index in [0.717, 1.165) is 0 Å². The summed E-state index contributed by atoms with van der Waals surface area (Å²) in [6, 6.07) is 0. The Morgan fingerprint density at radius 1 is 1.44 bits per heavy atom. The van der Waals surface area contributed by atoms with Crippen LogP contribution in [-0.4, -0.2) is 33.6 Å². The topological polar surface area (TPSA) is 73.2 Å². The van der Waals surface area contributed by atoms with Crippen LogP contribution >= 0.6 is 0 Å². The van der Waals surface area contributed by atoms with E-state index >= 15 is 0 Å². The fraction of sp³-hybridized carbons (Fsp3) is 0.583. The Labute approximate surface area is 106 Å². The van der Waals surface area contributed by atoms with E-state index in [4.69, 9.17) is 4.74 Å². The van der Waals surface area contributed by atoms with E-state index in [-0.39, 0.29) is 18.7 Å². The third-order valence-electron chi connectivity index (χ3n) is 2.11. The summed E-state index contributed by atoms with van der Waals surface area (Å²) in [5, 5.41) is 2.42. The van der Waals surface area contributed by atoms with Crippen LogP contribution in [0.5, 0.6) is 0 Å². The minimum absolute atomic E-state index is 0.0538. The lowest BCUT2D eigenvalue weighted by atomic mass is 10.2. The Kier molecular flexibility index (Phi) is 4.47. The first kappa shape index (κ1) is 14.2. The standard InChI is InChI=1S/C12H19N3O3/c1-12(2,3)18-11(17)14-8-9(16)7-10-13-5-6-15(10)4/h5-6H,7-8H2,1-4H3,(H,14,17). The molecule has 18 heavy (non-hydrogen) atoms. The first-order valence-corrected chi connectivity index (χ1v) is 5.72. The molecule has 0 radical (unpaired) electrons. The maximum absolute atomic E-state index is 11.6. The number of nitrogens with one attached hydrogen (secondary N) is 1. The van der Waals surface area contributed by atoms with Crippen molar-refractivity contribution in [2.75, 3.05) is 6.54 Å². The number of amides is 1. The highest BCUT2D eigenvalue weighted by Crippen LogP contribution is 2.06. The molecule has 0 aromatic carbocycles. The maximum atomic E-state index is 11.6. The molecule has 0 aliphatic rings. The van der Waals surface area contributed by atoms with Crippen LogP contribution < -0.4 is 5.32 Å². The second-order valence-electron chi connectivity index (χ2n) is 5.03. The Morgan fingerprint density at radius 3 is 2.61 bits per heavy atom. The van der Waals surface area contributed by atoms with Crippen molar-refractivity contribution < 1.29 is 14.3 Å². The quantitative estimate of drug-likeness (QED) is 0.870. The monoisotopic (exact) mass is 253 g/mol. The summed E-state index contributed by atoms with van der Waals surface area (Å²) in [4.78, 5) is 27.0. The number of rotatable bonds is 4. The number of nitrogens with zero attached hydrogens (tertiary/aromatic N) is 2. The number of carbonyl (C=O) groups excluding carboxylic acids is 2. The predicted octanol–water partition coefficient (Wildman–Crippen LogP) is 1.06. The Morgan fingerprint density at radius 2 is 2.11 bits per heavy atom. The summed E-state index contributed by atoms with van der Waals surface area (Å²) < 4.78 is 6.79. The van der Waals surface area contributed by atoms with Gasteiger partial charge in [-0.2, -0.15) is 0 Å². The van der Waals surface area contributed by atoms with Crippen LogP contribution in [0.1, 0.15) is 26.6 Å². The second kappa shape index (κ2) is 5.66. The van der Waals surface area contributed by atoms with Crippen LogP contribution in [0.15, 0.2) is 12.4 Å². The van der Waals surface area contributed by atoms with Gasteiger partial charge < -0.3 is 14.6 Å². The summed E-state index contributed by atoms with van der Waals surface area (Å²) in [5.41, 5.74) is -0.563. The lowest BCUT2D eigenvalue weighted by molar-refractivity contribution is -0.117. The molecular weight excluding hydrogens is 234 g/mol. The van der Waals surface area contributed by atoms with E-state index in [1.165, 1.54) is 0 Å². The number of hydrogen-bond donors (Lipinski definition) is 1. The van der Waals surface area contributed by atoms with E-state index in [9.17, 15) is 9.59 Å². The van der Waals surface area contributed by atoms with Gasteiger partial charge in [0, 0.05) is 19.4 Å². The van der Waals surface area contributed by atoms with Crippen LogP contribution in [0.25, 0.3) is 0 Å². The Hall–Kier alpha value is -1.85. The van der Waals surface area contributed by atoms with E-state index in [0.29, 0.717) is 5.82 Å². The minimum Gasteiger partial charge on any atom is -0.444 e. The fourth-order valence-electron chi connectivity index (χ4n) is 1.29. The van der Waals surface area contributed by atoms with Gasteiger partial charge in [-0.25, -0.2) is 9.78 Å². The average molecular weight is 253 g/mol. The first-order valence-electron chi connectivity index (χ1n) is 5.72. The molecule has 1 amide bonds. The average Bonchev–Trinajstić information content (AvgIpc) is 2.59. The smallest absolute Gasteiger partial charge is 0.408 e. The first-order chi connectivity index (χ1) is 8.28. The molecule has 6 heteroatoms. The highest BCUT2D eigenvalue weighted by atomic mass is 16.6. The van der Waals surface area contributed by atoms with Crippen LogP contribution in [0.4, 0.5) is 4.79 Å². The second-order valence-corrected chi connectivity index (χ2v) is 5.03. The van der Waals surface area contributed by atoms with E-state index < -0.39 is 11.7 Å². The summed E-state index contributed by atoms with van der Waals surface area (Å²) in [5.74, 6) is 0.557. The molecule has 0 fully saturated rings. The van der Waals surface area contributed by atoms with Crippen LogP contribution in [-0.2, 0) is 23.0 Å². The molecule has 0 spiro atoms. The van der Waals surface area contributed by atoms with Gasteiger partial charge in [-0.05, 0) is 20.8 Å². The number of imidazole rings is 1. The van der Waals surface area contributed by atoms with Gasteiger partial charge in [0.2, 0.25) is 0 Å². The summed E-state index contributed by atoms with van der Waals surface area (Å²) in [6.07, 6.45) is 3.00. The molecule has 0 saturated carbocycles. The Balaban J connectivity index is 2.34. The van der Waals surface area contributed by atoms with Gasteiger partial charge in [-0.15, -0.1) is 0 Å². The van der Waals surface area contributed by atoms with E-state index in [2.05, 4.69) is 10.3 Å². The molecule has 0 bridgehead atoms. The zero-order chi connectivity index (χ0) is 13.8. The lowest BCUT2D eigenvalue weighted by Crippen LogP contribution is -2.36. The number of ketones is 1. The highest BCUT2D eigenvalue weighted by Gasteiger charge is 2.17. The van der Waals surface area contributed by atoms with Gasteiger partial charge in [0.25, 0.3) is 0 Å². The molecule has 6 nitrogen and oxygen atoms in total.